The lowest BCUT2D eigenvalue weighted by Gasteiger charge is -2.14. The number of aliphatic carboxylic acids is 1. The van der Waals surface area contributed by atoms with Gasteiger partial charge in [-0.2, -0.15) is 5.10 Å². The number of hydrogen-bond acceptors (Lipinski definition) is 4. The Labute approximate surface area is 121 Å². The topological polar surface area (TPSA) is 110 Å². The second-order valence-electron chi connectivity index (χ2n) is 4.51. The van der Waals surface area contributed by atoms with Crippen LogP contribution in [0.2, 0.25) is 0 Å². The number of carbonyl (C=O) groups excluding carboxylic acids is 1. The van der Waals surface area contributed by atoms with Gasteiger partial charge in [-0.05, 0) is 5.56 Å². The third-order valence-electron chi connectivity index (χ3n) is 2.95. The minimum absolute atomic E-state index is 0.180. The number of carbonyl (C=O) groups is 2. The lowest BCUT2D eigenvalue weighted by molar-refractivity contribution is -0.137. The van der Waals surface area contributed by atoms with Crippen molar-refractivity contribution in [3.63, 3.8) is 0 Å². The van der Waals surface area contributed by atoms with Gasteiger partial charge >= 0.3 is 5.97 Å². The van der Waals surface area contributed by atoms with Crippen molar-refractivity contribution in [2.75, 3.05) is 11.9 Å². The van der Waals surface area contributed by atoms with Gasteiger partial charge in [-0.3, -0.25) is 14.3 Å². The maximum Gasteiger partial charge on any atom is 0.325 e. The first-order valence-electron chi connectivity index (χ1n) is 6.40. The van der Waals surface area contributed by atoms with Crippen LogP contribution in [0, 0.1) is 0 Å². The van der Waals surface area contributed by atoms with E-state index >= 15 is 0 Å². The molecule has 2 rings (SSSR count). The zero-order valence-electron chi connectivity index (χ0n) is 11.3. The van der Waals surface area contributed by atoms with Crippen LogP contribution >= 0.6 is 0 Å². The van der Waals surface area contributed by atoms with Crippen LogP contribution in [0.1, 0.15) is 11.5 Å². The molecule has 1 aromatic carbocycles. The predicted octanol–water partition coefficient (Wildman–Crippen LogP) is 0.649. The highest BCUT2D eigenvalue weighted by molar-refractivity contribution is 5.95. The van der Waals surface area contributed by atoms with Crippen LogP contribution in [0.3, 0.4) is 0 Å². The normalized spacial score (nSPS) is 11.9. The van der Waals surface area contributed by atoms with E-state index in [1.54, 1.807) is 0 Å². The molecule has 0 aliphatic rings. The summed E-state index contributed by atoms with van der Waals surface area (Å²) in [5.41, 5.74) is 6.94. The smallest absolute Gasteiger partial charge is 0.325 e. The van der Waals surface area contributed by atoms with Crippen molar-refractivity contribution >= 4 is 17.6 Å². The number of nitrogens with one attached hydrogen (secondary N) is 1. The second kappa shape index (κ2) is 6.67. The molecule has 2 aromatic rings. The van der Waals surface area contributed by atoms with Crippen molar-refractivity contribution in [1.29, 1.82) is 0 Å². The fourth-order valence-corrected chi connectivity index (χ4v) is 1.96. The van der Waals surface area contributed by atoms with Gasteiger partial charge in [-0.25, -0.2) is 0 Å². The summed E-state index contributed by atoms with van der Waals surface area (Å²) in [6, 6.07) is 9.23. The van der Waals surface area contributed by atoms with Gasteiger partial charge < -0.3 is 16.2 Å². The van der Waals surface area contributed by atoms with E-state index in [-0.39, 0.29) is 19.0 Å². The first kappa shape index (κ1) is 14.7. The fourth-order valence-electron chi connectivity index (χ4n) is 1.96. The molecule has 110 valence electrons. The molecule has 4 N–H and O–H groups in total. The van der Waals surface area contributed by atoms with Gasteiger partial charge in [-0.1, -0.05) is 30.3 Å². The molecule has 0 saturated carbocycles. The number of carboxylic acids is 1. The lowest BCUT2D eigenvalue weighted by Crippen LogP contribution is -2.27. The van der Waals surface area contributed by atoms with Crippen molar-refractivity contribution < 1.29 is 14.7 Å². The number of nitrogens with two attached hydrogens (primary N) is 1. The summed E-state index contributed by atoms with van der Waals surface area (Å²) in [7, 11) is 0. The molecule has 21 heavy (non-hydrogen) atoms. The monoisotopic (exact) mass is 288 g/mol. The molecule has 0 spiro atoms. The number of anilines is 1. The average molecular weight is 288 g/mol. The van der Waals surface area contributed by atoms with Crippen molar-refractivity contribution in [1.82, 2.24) is 9.78 Å². The highest BCUT2D eigenvalue weighted by Gasteiger charge is 2.19. The van der Waals surface area contributed by atoms with E-state index in [1.807, 2.05) is 30.3 Å². The van der Waals surface area contributed by atoms with Crippen molar-refractivity contribution in [3.05, 3.63) is 48.3 Å². The van der Waals surface area contributed by atoms with Crippen LogP contribution in [-0.2, 0) is 16.1 Å². The molecular weight excluding hydrogens is 272 g/mol. The van der Waals surface area contributed by atoms with Crippen LogP contribution < -0.4 is 11.1 Å². The summed E-state index contributed by atoms with van der Waals surface area (Å²) in [5.74, 6) is -1.72. The second-order valence-corrected chi connectivity index (χ2v) is 4.51. The van der Waals surface area contributed by atoms with E-state index in [9.17, 15) is 9.59 Å². The van der Waals surface area contributed by atoms with Crippen LogP contribution in [-0.4, -0.2) is 33.3 Å². The highest BCUT2D eigenvalue weighted by atomic mass is 16.4. The number of carboxylic acid groups (broad SMARTS) is 1. The van der Waals surface area contributed by atoms with Crippen LogP contribution in [0.5, 0.6) is 0 Å². The van der Waals surface area contributed by atoms with Gasteiger partial charge in [0.05, 0.1) is 17.8 Å². The minimum Gasteiger partial charge on any atom is -0.480 e. The highest BCUT2D eigenvalue weighted by Crippen LogP contribution is 2.17. The zero-order valence-corrected chi connectivity index (χ0v) is 11.3. The molecule has 1 aromatic heterocycles. The molecule has 0 bridgehead atoms. The fraction of sp³-hybridized carbons (Fsp3) is 0.214. The Morgan fingerprint density at radius 3 is 2.67 bits per heavy atom. The van der Waals surface area contributed by atoms with Gasteiger partial charge in [0.15, 0.2) is 0 Å². The molecule has 7 nitrogen and oxygen atoms in total. The van der Waals surface area contributed by atoms with Gasteiger partial charge in [0, 0.05) is 12.7 Å². The van der Waals surface area contributed by atoms with Crippen molar-refractivity contribution in [2.45, 2.75) is 12.5 Å². The average Bonchev–Trinajstić information content (AvgIpc) is 2.87. The number of benzene rings is 1. The molecule has 0 saturated heterocycles. The number of rotatable bonds is 6. The first-order valence-corrected chi connectivity index (χ1v) is 6.40. The number of amides is 1. The predicted molar refractivity (Wildman–Crippen MR) is 76.7 cm³/mol. The summed E-state index contributed by atoms with van der Waals surface area (Å²) < 4.78 is 1.23. The summed E-state index contributed by atoms with van der Waals surface area (Å²) in [4.78, 5) is 22.8. The summed E-state index contributed by atoms with van der Waals surface area (Å²) in [5, 5.41) is 15.2. The van der Waals surface area contributed by atoms with Gasteiger partial charge in [0.1, 0.15) is 6.54 Å². The van der Waals surface area contributed by atoms with E-state index in [0.29, 0.717) is 5.69 Å². The Kier molecular flexibility index (Phi) is 4.68. The Balaban J connectivity index is 2.06. The SMILES string of the molecule is NCC(C(=O)Nc1cnn(CC(=O)O)c1)c1ccccc1. The maximum atomic E-state index is 12.2. The third-order valence-corrected chi connectivity index (χ3v) is 2.95. The standard InChI is InChI=1S/C14H16N4O3/c15-6-12(10-4-2-1-3-5-10)14(21)17-11-7-16-18(8-11)9-13(19)20/h1-5,7-8,12H,6,9,15H2,(H,17,21)(H,19,20). The van der Waals surface area contributed by atoms with Crippen LogP contribution in [0.4, 0.5) is 5.69 Å². The Morgan fingerprint density at radius 1 is 1.33 bits per heavy atom. The molecule has 1 unspecified atom stereocenters. The molecule has 0 fully saturated rings. The molecule has 1 heterocycles. The van der Waals surface area contributed by atoms with Crippen LogP contribution in [0.15, 0.2) is 42.7 Å². The maximum absolute atomic E-state index is 12.2. The molecule has 1 amide bonds. The molecule has 1 atom stereocenters. The largest absolute Gasteiger partial charge is 0.480 e. The van der Waals surface area contributed by atoms with Gasteiger partial charge in [0.2, 0.25) is 5.91 Å². The summed E-state index contributed by atoms with van der Waals surface area (Å²) in [6.07, 6.45) is 2.87. The molecule has 7 heteroatoms. The Hall–Kier alpha value is -2.67. The van der Waals surface area contributed by atoms with Gasteiger partial charge in [-0.15, -0.1) is 0 Å². The van der Waals surface area contributed by atoms with E-state index in [1.165, 1.54) is 17.1 Å². The summed E-state index contributed by atoms with van der Waals surface area (Å²) in [6.45, 7) is -0.0754. The van der Waals surface area contributed by atoms with Crippen molar-refractivity contribution in [3.8, 4) is 0 Å². The molecule has 0 aliphatic carbocycles. The van der Waals surface area contributed by atoms with E-state index in [2.05, 4.69) is 10.4 Å². The van der Waals surface area contributed by atoms with E-state index < -0.39 is 11.9 Å². The molecular formula is C14H16N4O3. The third kappa shape index (κ3) is 3.90. The van der Waals surface area contributed by atoms with Crippen LogP contribution in [0.25, 0.3) is 0 Å². The molecule has 0 aliphatic heterocycles. The van der Waals surface area contributed by atoms with E-state index in [4.69, 9.17) is 10.8 Å². The Bertz CT molecular complexity index is 624. The first-order chi connectivity index (χ1) is 10.1. The quantitative estimate of drug-likeness (QED) is 0.722. The zero-order chi connectivity index (χ0) is 15.2. The lowest BCUT2D eigenvalue weighted by atomic mass is 9.98. The number of hydrogen-bond donors (Lipinski definition) is 3. The molecule has 0 radical (unpaired) electrons. The van der Waals surface area contributed by atoms with E-state index in [0.717, 1.165) is 5.56 Å². The minimum atomic E-state index is -1.000. The van der Waals surface area contributed by atoms with Gasteiger partial charge in [0.25, 0.3) is 0 Å². The Morgan fingerprint density at radius 2 is 2.05 bits per heavy atom. The number of aromatic nitrogens is 2. The van der Waals surface area contributed by atoms with Crippen molar-refractivity contribution in [2.24, 2.45) is 5.73 Å². The summed E-state index contributed by atoms with van der Waals surface area (Å²) >= 11 is 0. The number of nitrogens with zero attached hydrogens (tertiary/aromatic N) is 2.